The lowest BCUT2D eigenvalue weighted by molar-refractivity contribution is -0.192. The Bertz CT molecular complexity index is 1370. The van der Waals surface area contributed by atoms with Crippen molar-refractivity contribution in [2.75, 3.05) is 18.4 Å². The lowest BCUT2D eigenvalue weighted by atomic mass is 9.97. The Balaban J connectivity index is 0.000000559. The summed E-state index contributed by atoms with van der Waals surface area (Å²) in [5, 5.41) is 18.1. The largest absolute Gasteiger partial charge is 0.490 e. The zero-order valence-electron chi connectivity index (χ0n) is 22.1. The number of carbonyl (C=O) groups excluding carboxylic acids is 2. The quantitative estimate of drug-likeness (QED) is 0.415. The Hall–Kier alpha value is -4.33. The molecule has 0 spiro atoms. The molecule has 14 heteroatoms. The molecule has 0 saturated carbocycles. The molecule has 1 fully saturated rings. The van der Waals surface area contributed by atoms with Crippen LogP contribution in [0.3, 0.4) is 0 Å². The number of nitrogens with zero attached hydrogens (tertiary/aromatic N) is 5. The van der Waals surface area contributed by atoms with E-state index in [1.807, 2.05) is 42.8 Å². The second-order valence-electron chi connectivity index (χ2n) is 9.91. The van der Waals surface area contributed by atoms with Crippen molar-refractivity contribution >= 4 is 23.5 Å². The number of nitrogens with two attached hydrogens (primary N) is 1. The highest BCUT2D eigenvalue weighted by molar-refractivity contribution is 6.04. The van der Waals surface area contributed by atoms with Gasteiger partial charge in [0.05, 0.1) is 0 Å². The van der Waals surface area contributed by atoms with Gasteiger partial charge in [-0.05, 0) is 49.1 Å². The summed E-state index contributed by atoms with van der Waals surface area (Å²) in [7, 11) is 1.92. The minimum Gasteiger partial charge on any atom is -0.475 e. The van der Waals surface area contributed by atoms with Crippen LogP contribution >= 0.6 is 0 Å². The van der Waals surface area contributed by atoms with E-state index in [2.05, 4.69) is 27.4 Å². The van der Waals surface area contributed by atoms with Gasteiger partial charge >= 0.3 is 12.1 Å². The summed E-state index contributed by atoms with van der Waals surface area (Å²) in [6, 6.07) is 10.9. The highest BCUT2D eigenvalue weighted by atomic mass is 19.4. The summed E-state index contributed by atoms with van der Waals surface area (Å²) in [4.78, 5) is 40.5. The van der Waals surface area contributed by atoms with E-state index in [0.717, 1.165) is 24.2 Å². The van der Waals surface area contributed by atoms with Gasteiger partial charge in [-0.3, -0.25) is 14.6 Å². The van der Waals surface area contributed by atoms with Gasteiger partial charge in [0.15, 0.2) is 0 Å². The van der Waals surface area contributed by atoms with Gasteiger partial charge in [0.25, 0.3) is 11.8 Å². The van der Waals surface area contributed by atoms with Crippen LogP contribution in [-0.2, 0) is 18.3 Å². The van der Waals surface area contributed by atoms with Crippen molar-refractivity contribution in [3.63, 3.8) is 0 Å². The number of aryl methyl sites for hydroxylation is 1. The van der Waals surface area contributed by atoms with Gasteiger partial charge in [0.2, 0.25) is 0 Å². The molecule has 0 aliphatic carbocycles. The summed E-state index contributed by atoms with van der Waals surface area (Å²) in [6.07, 6.45) is -0.428. The number of carbonyl (C=O) groups is 3. The van der Waals surface area contributed by atoms with Crippen molar-refractivity contribution in [2.24, 2.45) is 12.8 Å². The molecule has 1 aliphatic rings. The van der Waals surface area contributed by atoms with Gasteiger partial charge in [0, 0.05) is 49.5 Å². The molecule has 1 aromatic carbocycles. The molecule has 1 saturated heterocycles. The molecule has 1 aliphatic heterocycles. The first-order chi connectivity index (χ1) is 18.7. The molecule has 2 atom stereocenters. The third kappa shape index (κ3) is 8.09. The monoisotopic (exact) mass is 561 g/mol. The minimum absolute atomic E-state index is 0.139. The average molecular weight is 562 g/mol. The molecular formula is C26H30F3N7O4. The first kappa shape index (κ1) is 30.2. The fourth-order valence-corrected chi connectivity index (χ4v) is 4.03. The Kier molecular flexibility index (Phi) is 9.24. The summed E-state index contributed by atoms with van der Waals surface area (Å²) < 4.78 is 33.6. The lowest BCUT2D eigenvalue weighted by Crippen LogP contribution is -2.40. The summed E-state index contributed by atoms with van der Waals surface area (Å²) >= 11 is 0. The van der Waals surface area contributed by atoms with E-state index in [-0.39, 0.29) is 29.0 Å². The summed E-state index contributed by atoms with van der Waals surface area (Å²) in [6.45, 7) is 5.15. The Labute approximate surface area is 228 Å². The molecule has 40 heavy (non-hydrogen) atoms. The van der Waals surface area contributed by atoms with Crippen LogP contribution in [0.2, 0.25) is 0 Å². The van der Waals surface area contributed by atoms with E-state index in [9.17, 15) is 22.8 Å². The van der Waals surface area contributed by atoms with E-state index < -0.39 is 12.1 Å². The van der Waals surface area contributed by atoms with Gasteiger partial charge in [-0.2, -0.15) is 13.2 Å². The number of anilines is 1. The highest BCUT2D eigenvalue weighted by Crippen LogP contribution is 2.23. The number of likely N-dealkylation sites (tertiary alicyclic amines) is 1. The summed E-state index contributed by atoms with van der Waals surface area (Å²) in [5.74, 6) is -2.17. The molecule has 1 unspecified atom stereocenters. The first-order valence-electron chi connectivity index (χ1n) is 12.2. The number of hydrogen-bond acceptors (Lipinski definition) is 7. The molecule has 4 rings (SSSR count). The fourth-order valence-electron chi connectivity index (χ4n) is 4.03. The van der Waals surface area contributed by atoms with Crippen molar-refractivity contribution < 1.29 is 32.7 Å². The number of carboxylic acids is 1. The van der Waals surface area contributed by atoms with Gasteiger partial charge in [-0.15, -0.1) is 10.2 Å². The molecule has 2 aromatic heterocycles. The standard InChI is InChI=1S/C24H29N7O2.C2HF3O2/c1-16(11-21-29-27-15-30(21)3)17-5-4-6-19(12-17)28-22(32)20-13-18(7-9-26-20)23(33)31-10-8-24(2,25)14-31;3-2(4,5)1(6)7/h4-7,9,12-13,15-16H,8,10-11,14,25H2,1-3H3,(H,28,32);(H,6,7)/t16?,24-;/m1./s1. The number of amides is 2. The number of alkyl halides is 3. The second-order valence-corrected chi connectivity index (χ2v) is 9.91. The van der Waals surface area contributed by atoms with Crippen LogP contribution in [0.25, 0.3) is 0 Å². The van der Waals surface area contributed by atoms with E-state index in [1.54, 1.807) is 17.3 Å². The van der Waals surface area contributed by atoms with Crippen LogP contribution in [0.5, 0.6) is 0 Å². The van der Waals surface area contributed by atoms with Crippen LogP contribution in [0.1, 0.15) is 58.4 Å². The molecule has 3 aromatic rings. The van der Waals surface area contributed by atoms with Gasteiger partial charge in [-0.1, -0.05) is 19.1 Å². The molecule has 3 heterocycles. The van der Waals surface area contributed by atoms with Crippen molar-refractivity contribution in [1.82, 2.24) is 24.6 Å². The lowest BCUT2D eigenvalue weighted by Gasteiger charge is -2.20. The van der Waals surface area contributed by atoms with Gasteiger partial charge in [0.1, 0.15) is 17.8 Å². The molecule has 4 N–H and O–H groups in total. The maximum absolute atomic E-state index is 12.9. The van der Waals surface area contributed by atoms with E-state index in [0.29, 0.717) is 24.3 Å². The molecule has 2 amide bonds. The topological polar surface area (TPSA) is 156 Å². The van der Waals surface area contributed by atoms with E-state index in [4.69, 9.17) is 15.6 Å². The number of hydrogen-bond donors (Lipinski definition) is 3. The SMILES string of the molecule is CC(Cc1nncn1C)c1cccc(NC(=O)c2cc(C(=O)N3CC[C@@](C)(N)C3)ccn2)c1.O=C(O)C(F)(F)F. The maximum Gasteiger partial charge on any atom is 0.490 e. The molecular weight excluding hydrogens is 531 g/mol. The third-order valence-corrected chi connectivity index (χ3v) is 6.28. The van der Waals surface area contributed by atoms with Crippen LogP contribution in [0.15, 0.2) is 48.9 Å². The highest BCUT2D eigenvalue weighted by Gasteiger charge is 2.38. The molecule has 0 radical (unpaired) electrons. The van der Waals surface area contributed by atoms with E-state index in [1.165, 1.54) is 12.3 Å². The number of rotatable bonds is 6. The van der Waals surface area contributed by atoms with Crippen LogP contribution in [0, 0.1) is 0 Å². The smallest absolute Gasteiger partial charge is 0.475 e. The Morgan fingerprint density at radius 1 is 1.23 bits per heavy atom. The number of nitrogens with one attached hydrogen (secondary N) is 1. The molecule has 214 valence electrons. The Morgan fingerprint density at radius 3 is 2.50 bits per heavy atom. The van der Waals surface area contributed by atoms with Gasteiger partial charge < -0.3 is 25.6 Å². The van der Waals surface area contributed by atoms with E-state index >= 15 is 0 Å². The van der Waals surface area contributed by atoms with Crippen LogP contribution in [-0.4, -0.2) is 72.3 Å². The second kappa shape index (κ2) is 12.2. The number of aliphatic carboxylic acids is 1. The van der Waals surface area contributed by atoms with Crippen LogP contribution in [0.4, 0.5) is 18.9 Å². The first-order valence-corrected chi connectivity index (χ1v) is 12.2. The average Bonchev–Trinajstić information content (AvgIpc) is 3.47. The number of aromatic nitrogens is 4. The predicted octanol–water partition coefficient (Wildman–Crippen LogP) is 3.01. The summed E-state index contributed by atoms with van der Waals surface area (Å²) in [5.41, 5.74) is 8.13. The zero-order valence-corrected chi connectivity index (χ0v) is 22.1. The third-order valence-electron chi connectivity index (χ3n) is 6.28. The number of halogens is 3. The maximum atomic E-state index is 12.9. The number of pyridine rings is 1. The zero-order chi connectivity index (χ0) is 29.7. The number of carboxylic acid groups (broad SMARTS) is 1. The normalized spacial score (nSPS) is 17.5. The molecule has 0 bridgehead atoms. The van der Waals surface area contributed by atoms with Gasteiger partial charge in [-0.25, -0.2) is 4.79 Å². The number of benzene rings is 1. The van der Waals surface area contributed by atoms with Crippen molar-refractivity contribution in [2.45, 2.75) is 44.3 Å². The molecule has 11 nitrogen and oxygen atoms in total. The Morgan fingerprint density at radius 2 is 1.93 bits per heavy atom. The predicted molar refractivity (Wildman–Crippen MR) is 139 cm³/mol. The minimum atomic E-state index is -5.08. The van der Waals surface area contributed by atoms with Crippen molar-refractivity contribution in [3.05, 3.63) is 71.6 Å². The van der Waals surface area contributed by atoms with Crippen molar-refractivity contribution in [3.8, 4) is 0 Å². The van der Waals surface area contributed by atoms with Crippen LogP contribution < -0.4 is 11.1 Å². The fraction of sp³-hybridized carbons (Fsp3) is 0.385. The van der Waals surface area contributed by atoms with Crippen molar-refractivity contribution in [1.29, 1.82) is 0 Å².